The van der Waals surface area contributed by atoms with Gasteiger partial charge in [0.15, 0.2) is 0 Å². The summed E-state index contributed by atoms with van der Waals surface area (Å²) in [6.07, 6.45) is 0.559. The Morgan fingerprint density at radius 1 is 1.19 bits per heavy atom. The van der Waals surface area contributed by atoms with Crippen molar-refractivity contribution in [2.24, 2.45) is 0 Å². The second kappa shape index (κ2) is 5.53. The normalized spacial score (nSPS) is 11.5. The SMILES string of the molecule is Cc1ccc(CC(=O)CSC(C)(C)C)cc1. The number of carbonyl (C=O) groups excluding carboxylic acids is 1. The van der Waals surface area contributed by atoms with Crippen LogP contribution in [-0.2, 0) is 11.2 Å². The van der Waals surface area contributed by atoms with Crippen molar-refractivity contribution in [2.45, 2.75) is 38.9 Å². The van der Waals surface area contributed by atoms with Crippen LogP contribution in [0.4, 0.5) is 0 Å². The molecule has 0 N–H and O–H groups in total. The van der Waals surface area contributed by atoms with E-state index in [2.05, 4.69) is 39.8 Å². The fourth-order valence-electron chi connectivity index (χ4n) is 1.28. The Morgan fingerprint density at radius 3 is 2.25 bits per heavy atom. The van der Waals surface area contributed by atoms with E-state index in [4.69, 9.17) is 0 Å². The molecule has 1 nitrogen and oxygen atoms in total. The molecule has 0 amide bonds. The zero-order valence-corrected chi connectivity index (χ0v) is 11.4. The second-order valence-corrected chi connectivity index (χ2v) is 6.90. The highest BCUT2D eigenvalue weighted by molar-refractivity contribution is 8.01. The van der Waals surface area contributed by atoms with Crippen molar-refractivity contribution in [3.05, 3.63) is 35.4 Å². The molecule has 0 radical (unpaired) electrons. The third-order valence-corrected chi connectivity index (χ3v) is 3.52. The minimum atomic E-state index is 0.170. The topological polar surface area (TPSA) is 17.1 Å². The second-order valence-electron chi connectivity index (χ2n) is 5.10. The smallest absolute Gasteiger partial charge is 0.147 e. The lowest BCUT2D eigenvalue weighted by Gasteiger charge is -2.16. The molecule has 0 saturated carbocycles. The van der Waals surface area contributed by atoms with Gasteiger partial charge in [-0.05, 0) is 12.5 Å². The van der Waals surface area contributed by atoms with Crippen LogP contribution in [0.2, 0.25) is 0 Å². The molecule has 16 heavy (non-hydrogen) atoms. The van der Waals surface area contributed by atoms with Crippen molar-refractivity contribution in [3.63, 3.8) is 0 Å². The Kier molecular flexibility index (Phi) is 4.60. The van der Waals surface area contributed by atoms with Crippen LogP contribution in [0.15, 0.2) is 24.3 Å². The van der Waals surface area contributed by atoms with Crippen LogP contribution in [0.5, 0.6) is 0 Å². The third kappa shape index (κ3) is 5.36. The maximum Gasteiger partial charge on any atom is 0.147 e. The van der Waals surface area contributed by atoms with E-state index in [1.54, 1.807) is 11.8 Å². The van der Waals surface area contributed by atoms with Crippen LogP contribution in [-0.4, -0.2) is 16.3 Å². The molecule has 0 fully saturated rings. The number of hydrogen-bond acceptors (Lipinski definition) is 2. The molecule has 0 aliphatic carbocycles. The van der Waals surface area contributed by atoms with Gasteiger partial charge in [-0.15, -0.1) is 11.8 Å². The maximum absolute atomic E-state index is 11.7. The molecule has 0 atom stereocenters. The molecule has 1 aromatic carbocycles. The van der Waals surface area contributed by atoms with Crippen molar-refractivity contribution < 1.29 is 4.79 Å². The van der Waals surface area contributed by atoms with E-state index >= 15 is 0 Å². The van der Waals surface area contributed by atoms with Crippen LogP contribution in [0.25, 0.3) is 0 Å². The summed E-state index contributed by atoms with van der Waals surface area (Å²) in [6.45, 7) is 8.46. The number of rotatable bonds is 4. The van der Waals surface area contributed by atoms with E-state index in [-0.39, 0.29) is 4.75 Å². The summed E-state index contributed by atoms with van der Waals surface area (Å²) < 4.78 is 0.170. The maximum atomic E-state index is 11.7. The van der Waals surface area contributed by atoms with Gasteiger partial charge in [0.2, 0.25) is 0 Å². The van der Waals surface area contributed by atoms with Gasteiger partial charge >= 0.3 is 0 Å². The Balaban J connectivity index is 2.43. The summed E-state index contributed by atoms with van der Waals surface area (Å²) in [5.41, 5.74) is 2.35. The summed E-state index contributed by atoms with van der Waals surface area (Å²) in [4.78, 5) is 11.7. The highest BCUT2D eigenvalue weighted by Gasteiger charge is 2.13. The molecule has 0 spiro atoms. The minimum Gasteiger partial charge on any atom is -0.298 e. The lowest BCUT2D eigenvalue weighted by molar-refractivity contribution is -0.116. The number of Topliss-reactive ketones (excluding diaryl/α,β-unsaturated/α-hetero) is 1. The van der Waals surface area contributed by atoms with Crippen LogP contribution < -0.4 is 0 Å². The van der Waals surface area contributed by atoms with Gasteiger partial charge in [0.1, 0.15) is 5.78 Å². The van der Waals surface area contributed by atoms with Crippen molar-refractivity contribution in [1.82, 2.24) is 0 Å². The zero-order valence-electron chi connectivity index (χ0n) is 10.5. The Hall–Kier alpha value is -0.760. The van der Waals surface area contributed by atoms with Crippen LogP contribution in [0.1, 0.15) is 31.9 Å². The average molecular weight is 236 g/mol. The van der Waals surface area contributed by atoms with Gasteiger partial charge in [0, 0.05) is 11.2 Å². The number of hydrogen-bond donors (Lipinski definition) is 0. The fourth-order valence-corrected chi connectivity index (χ4v) is 1.98. The van der Waals surface area contributed by atoms with E-state index in [1.165, 1.54) is 5.56 Å². The van der Waals surface area contributed by atoms with Crippen LogP contribution >= 0.6 is 11.8 Å². The lowest BCUT2D eigenvalue weighted by Crippen LogP contribution is -2.14. The Morgan fingerprint density at radius 2 is 1.75 bits per heavy atom. The third-order valence-electron chi connectivity index (χ3n) is 2.19. The first-order valence-electron chi connectivity index (χ1n) is 5.58. The van der Waals surface area contributed by atoms with E-state index in [0.717, 1.165) is 5.56 Å². The van der Waals surface area contributed by atoms with Crippen molar-refractivity contribution in [1.29, 1.82) is 0 Å². The number of aryl methyl sites for hydroxylation is 1. The highest BCUT2D eigenvalue weighted by Crippen LogP contribution is 2.23. The first-order chi connectivity index (χ1) is 7.37. The molecular formula is C14H20OS. The number of carbonyl (C=O) groups is 1. The number of thioether (sulfide) groups is 1. The van der Waals surface area contributed by atoms with Gasteiger partial charge < -0.3 is 0 Å². The molecule has 0 bridgehead atoms. The molecule has 0 aromatic heterocycles. The van der Waals surface area contributed by atoms with Crippen molar-refractivity contribution in [3.8, 4) is 0 Å². The molecule has 0 heterocycles. The Labute approximate surface area is 103 Å². The molecule has 0 aliphatic rings. The van der Waals surface area contributed by atoms with E-state index in [9.17, 15) is 4.79 Å². The minimum absolute atomic E-state index is 0.170. The highest BCUT2D eigenvalue weighted by atomic mass is 32.2. The number of ketones is 1. The molecular weight excluding hydrogens is 216 g/mol. The summed E-state index contributed by atoms with van der Waals surface area (Å²) in [6, 6.07) is 8.18. The van der Waals surface area contributed by atoms with Crippen molar-refractivity contribution >= 4 is 17.5 Å². The van der Waals surface area contributed by atoms with Crippen LogP contribution in [0.3, 0.4) is 0 Å². The first kappa shape index (κ1) is 13.3. The molecule has 0 unspecified atom stereocenters. The largest absolute Gasteiger partial charge is 0.298 e. The molecule has 1 aromatic rings. The monoisotopic (exact) mass is 236 g/mol. The first-order valence-corrected chi connectivity index (χ1v) is 6.56. The van der Waals surface area contributed by atoms with E-state index in [0.29, 0.717) is 18.0 Å². The zero-order chi connectivity index (χ0) is 12.2. The quantitative estimate of drug-likeness (QED) is 0.794. The van der Waals surface area contributed by atoms with Gasteiger partial charge in [-0.1, -0.05) is 50.6 Å². The molecule has 0 aliphatic heterocycles. The molecule has 1 rings (SSSR count). The van der Waals surface area contributed by atoms with Crippen LogP contribution in [0, 0.1) is 6.92 Å². The fraction of sp³-hybridized carbons (Fsp3) is 0.500. The summed E-state index contributed by atoms with van der Waals surface area (Å²) in [7, 11) is 0. The summed E-state index contributed by atoms with van der Waals surface area (Å²) in [5, 5.41) is 0. The Bertz CT molecular complexity index is 346. The van der Waals surface area contributed by atoms with E-state index in [1.807, 2.05) is 12.1 Å². The summed E-state index contributed by atoms with van der Waals surface area (Å²) >= 11 is 1.71. The molecule has 2 heteroatoms. The average Bonchev–Trinajstić information content (AvgIpc) is 2.18. The van der Waals surface area contributed by atoms with Gasteiger partial charge in [-0.3, -0.25) is 4.79 Å². The van der Waals surface area contributed by atoms with Gasteiger partial charge in [-0.25, -0.2) is 0 Å². The van der Waals surface area contributed by atoms with Gasteiger partial charge in [0.05, 0.1) is 5.75 Å². The predicted octanol–water partition coefficient (Wildman–Crippen LogP) is 3.64. The van der Waals surface area contributed by atoms with Gasteiger partial charge in [0.25, 0.3) is 0 Å². The number of benzene rings is 1. The summed E-state index contributed by atoms with van der Waals surface area (Å²) in [5.74, 6) is 0.918. The van der Waals surface area contributed by atoms with Gasteiger partial charge in [-0.2, -0.15) is 0 Å². The van der Waals surface area contributed by atoms with E-state index < -0.39 is 0 Å². The lowest BCUT2D eigenvalue weighted by atomic mass is 10.1. The molecule has 0 saturated heterocycles. The standard InChI is InChI=1S/C14H20OS/c1-11-5-7-12(8-6-11)9-13(15)10-16-14(2,3)4/h5-8H,9-10H2,1-4H3. The predicted molar refractivity (Wildman–Crippen MR) is 72.1 cm³/mol. The van der Waals surface area contributed by atoms with Crippen molar-refractivity contribution in [2.75, 3.05) is 5.75 Å². The molecule has 88 valence electrons.